The molecule has 0 unspecified atom stereocenters. The van der Waals surface area contributed by atoms with E-state index in [1.807, 2.05) is 24.3 Å². The van der Waals surface area contributed by atoms with Gasteiger partial charge in [-0.2, -0.15) is 0 Å². The average molecular weight is 338 g/mol. The summed E-state index contributed by atoms with van der Waals surface area (Å²) in [5, 5.41) is 19.7. The molecule has 1 aromatic carbocycles. The van der Waals surface area contributed by atoms with E-state index in [-0.39, 0.29) is 18.6 Å². The Balaban J connectivity index is 1.70. The zero-order valence-electron chi connectivity index (χ0n) is 12.3. The van der Waals surface area contributed by atoms with Crippen molar-refractivity contribution in [3.8, 4) is 10.4 Å². The lowest BCUT2D eigenvalue weighted by Crippen LogP contribution is -2.33. The van der Waals surface area contributed by atoms with Gasteiger partial charge in [-0.3, -0.25) is 4.90 Å². The number of aliphatic hydroxyl groups is 2. The second-order valence-corrected chi connectivity index (χ2v) is 7.60. The molecule has 0 spiro atoms. The Labute approximate surface area is 139 Å². The first-order chi connectivity index (χ1) is 10.7. The number of halogens is 1. The normalized spacial score (nSPS) is 18.0. The standard InChI is InChI=1S/C17H20ClNO2S/c18-15-4-2-1-3-14(15)16-6-5-13(22-16)9-19-8-7-17(10-19,11-20)12-21/h1-6,20-21H,7-12H2. The van der Waals surface area contributed by atoms with Crippen molar-refractivity contribution < 1.29 is 10.2 Å². The zero-order valence-corrected chi connectivity index (χ0v) is 13.9. The molecule has 1 fully saturated rings. The largest absolute Gasteiger partial charge is 0.396 e. The summed E-state index contributed by atoms with van der Waals surface area (Å²) in [4.78, 5) is 4.76. The molecule has 3 nitrogen and oxygen atoms in total. The fraction of sp³-hybridized carbons (Fsp3) is 0.412. The summed E-state index contributed by atoms with van der Waals surface area (Å²) in [6.07, 6.45) is 0.850. The van der Waals surface area contributed by atoms with E-state index in [0.717, 1.165) is 36.6 Å². The molecule has 0 saturated carbocycles. The maximum atomic E-state index is 9.48. The molecule has 0 aliphatic carbocycles. The molecule has 0 bridgehead atoms. The van der Waals surface area contributed by atoms with Gasteiger partial charge >= 0.3 is 0 Å². The number of hydrogen-bond acceptors (Lipinski definition) is 4. The van der Waals surface area contributed by atoms with Crippen molar-refractivity contribution in [1.82, 2.24) is 4.90 Å². The van der Waals surface area contributed by atoms with Gasteiger partial charge in [0.2, 0.25) is 0 Å². The summed E-state index contributed by atoms with van der Waals surface area (Å²) < 4.78 is 0. The Kier molecular flexibility index (Phi) is 4.85. The highest BCUT2D eigenvalue weighted by molar-refractivity contribution is 7.15. The Morgan fingerprint density at radius 3 is 2.59 bits per heavy atom. The van der Waals surface area contributed by atoms with Crippen LogP contribution in [0.4, 0.5) is 0 Å². The van der Waals surface area contributed by atoms with E-state index < -0.39 is 0 Å². The van der Waals surface area contributed by atoms with Gasteiger partial charge in [-0.15, -0.1) is 11.3 Å². The number of thiophene rings is 1. The van der Waals surface area contributed by atoms with Crippen LogP contribution in [0.25, 0.3) is 10.4 Å². The molecule has 1 aliphatic rings. The minimum Gasteiger partial charge on any atom is -0.396 e. The van der Waals surface area contributed by atoms with Crippen molar-refractivity contribution in [2.45, 2.75) is 13.0 Å². The molecule has 2 N–H and O–H groups in total. The topological polar surface area (TPSA) is 43.7 Å². The highest BCUT2D eigenvalue weighted by atomic mass is 35.5. The third kappa shape index (κ3) is 3.21. The number of hydrogen-bond donors (Lipinski definition) is 2. The number of nitrogens with zero attached hydrogens (tertiary/aromatic N) is 1. The van der Waals surface area contributed by atoms with Crippen LogP contribution < -0.4 is 0 Å². The maximum absolute atomic E-state index is 9.48. The van der Waals surface area contributed by atoms with Gasteiger partial charge in [-0.05, 0) is 31.2 Å². The van der Waals surface area contributed by atoms with Gasteiger partial charge in [0, 0.05) is 38.8 Å². The molecule has 3 rings (SSSR count). The number of aliphatic hydroxyl groups excluding tert-OH is 2. The predicted octanol–water partition coefficient (Wildman–Crippen LogP) is 3.25. The van der Waals surface area contributed by atoms with Gasteiger partial charge in [-0.25, -0.2) is 0 Å². The molecule has 2 aromatic rings. The van der Waals surface area contributed by atoms with Crippen LogP contribution in [0.2, 0.25) is 5.02 Å². The van der Waals surface area contributed by atoms with Crippen LogP contribution >= 0.6 is 22.9 Å². The molecular weight excluding hydrogens is 318 g/mol. The fourth-order valence-corrected chi connectivity index (χ4v) is 4.34. The number of likely N-dealkylation sites (tertiary alicyclic amines) is 1. The molecule has 22 heavy (non-hydrogen) atoms. The van der Waals surface area contributed by atoms with Crippen LogP contribution in [-0.2, 0) is 6.54 Å². The van der Waals surface area contributed by atoms with Crippen LogP contribution in [0.15, 0.2) is 36.4 Å². The average Bonchev–Trinajstić information content (AvgIpc) is 3.16. The highest BCUT2D eigenvalue weighted by Gasteiger charge is 2.37. The number of rotatable bonds is 5. The molecule has 2 heterocycles. The van der Waals surface area contributed by atoms with E-state index in [2.05, 4.69) is 17.0 Å². The lowest BCUT2D eigenvalue weighted by molar-refractivity contribution is 0.0608. The van der Waals surface area contributed by atoms with Crippen molar-refractivity contribution >= 4 is 22.9 Å². The molecular formula is C17H20ClNO2S. The first-order valence-corrected chi connectivity index (χ1v) is 8.63. The third-order valence-corrected chi connectivity index (χ3v) is 5.80. The van der Waals surface area contributed by atoms with Crippen LogP contribution in [-0.4, -0.2) is 41.4 Å². The SMILES string of the molecule is OCC1(CO)CCN(Cc2ccc(-c3ccccc3Cl)s2)C1. The third-order valence-electron chi connectivity index (χ3n) is 4.37. The summed E-state index contributed by atoms with van der Waals surface area (Å²) in [7, 11) is 0. The van der Waals surface area contributed by atoms with Gasteiger partial charge in [0.1, 0.15) is 0 Å². The number of benzene rings is 1. The minimum atomic E-state index is -0.331. The highest BCUT2D eigenvalue weighted by Crippen LogP contribution is 2.35. The Morgan fingerprint density at radius 2 is 1.91 bits per heavy atom. The predicted molar refractivity (Wildman–Crippen MR) is 91.3 cm³/mol. The maximum Gasteiger partial charge on any atom is 0.0522 e. The first-order valence-electron chi connectivity index (χ1n) is 7.43. The molecule has 0 atom stereocenters. The van der Waals surface area contributed by atoms with Gasteiger partial charge < -0.3 is 10.2 Å². The molecule has 1 aliphatic heterocycles. The molecule has 0 radical (unpaired) electrons. The van der Waals surface area contributed by atoms with Crippen molar-refractivity contribution in [2.24, 2.45) is 5.41 Å². The van der Waals surface area contributed by atoms with Gasteiger partial charge in [-0.1, -0.05) is 29.8 Å². The minimum absolute atomic E-state index is 0.0509. The van der Waals surface area contributed by atoms with Crippen LogP contribution in [0.5, 0.6) is 0 Å². The Hall–Kier alpha value is -0.910. The molecule has 1 aromatic heterocycles. The summed E-state index contributed by atoms with van der Waals surface area (Å²) >= 11 is 8.01. The Bertz CT molecular complexity index is 639. The van der Waals surface area contributed by atoms with Crippen molar-refractivity contribution in [2.75, 3.05) is 26.3 Å². The molecule has 118 valence electrons. The molecule has 5 heteroatoms. The van der Waals surface area contributed by atoms with E-state index in [0.29, 0.717) is 0 Å². The van der Waals surface area contributed by atoms with E-state index in [1.165, 1.54) is 9.75 Å². The van der Waals surface area contributed by atoms with Gasteiger partial charge in [0.05, 0.1) is 13.2 Å². The second-order valence-electron chi connectivity index (χ2n) is 6.02. The summed E-state index contributed by atoms with van der Waals surface area (Å²) in [5.41, 5.74) is 0.741. The van der Waals surface area contributed by atoms with E-state index in [9.17, 15) is 10.2 Å². The van der Waals surface area contributed by atoms with Gasteiger partial charge in [0.15, 0.2) is 0 Å². The van der Waals surface area contributed by atoms with E-state index in [4.69, 9.17) is 11.6 Å². The quantitative estimate of drug-likeness (QED) is 0.880. The van der Waals surface area contributed by atoms with Crippen molar-refractivity contribution in [3.05, 3.63) is 46.3 Å². The molecule has 1 saturated heterocycles. The van der Waals surface area contributed by atoms with Crippen LogP contribution in [0, 0.1) is 5.41 Å². The van der Waals surface area contributed by atoms with Crippen LogP contribution in [0.3, 0.4) is 0 Å². The van der Waals surface area contributed by atoms with E-state index in [1.54, 1.807) is 11.3 Å². The van der Waals surface area contributed by atoms with Gasteiger partial charge in [0.25, 0.3) is 0 Å². The van der Waals surface area contributed by atoms with Crippen molar-refractivity contribution in [3.63, 3.8) is 0 Å². The molecule has 0 amide bonds. The summed E-state index contributed by atoms with van der Waals surface area (Å²) in [6.45, 7) is 2.63. The first kappa shape index (κ1) is 16.0. The Morgan fingerprint density at radius 1 is 1.14 bits per heavy atom. The lowest BCUT2D eigenvalue weighted by atomic mass is 9.89. The summed E-state index contributed by atoms with van der Waals surface area (Å²) in [5.74, 6) is 0. The van der Waals surface area contributed by atoms with Crippen molar-refractivity contribution in [1.29, 1.82) is 0 Å². The second kappa shape index (κ2) is 6.69. The summed E-state index contributed by atoms with van der Waals surface area (Å²) in [6, 6.07) is 12.1. The zero-order chi connectivity index (χ0) is 15.6. The lowest BCUT2D eigenvalue weighted by Gasteiger charge is -2.24. The smallest absolute Gasteiger partial charge is 0.0522 e. The van der Waals surface area contributed by atoms with E-state index >= 15 is 0 Å². The monoisotopic (exact) mass is 337 g/mol. The van der Waals surface area contributed by atoms with Crippen LogP contribution in [0.1, 0.15) is 11.3 Å². The fourth-order valence-electron chi connectivity index (χ4n) is 2.96.